The van der Waals surface area contributed by atoms with Gasteiger partial charge in [-0.3, -0.25) is 4.99 Å². The molecule has 2 aromatic rings. The minimum atomic E-state index is 0.524. The summed E-state index contributed by atoms with van der Waals surface area (Å²) in [7, 11) is 3.41. The van der Waals surface area contributed by atoms with Crippen molar-refractivity contribution >= 4 is 17.3 Å². The molecule has 24 heavy (non-hydrogen) atoms. The summed E-state index contributed by atoms with van der Waals surface area (Å²) in [6.07, 6.45) is 1.88. The average molecular weight is 348 g/mol. The van der Waals surface area contributed by atoms with Crippen LogP contribution in [-0.4, -0.2) is 38.3 Å². The van der Waals surface area contributed by atoms with E-state index in [0.29, 0.717) is 26.3 Å². The number of aryl methyl sites for hydroxylation is 1. The van der Waals surface area contributed by atoms with Gasteiger partial charge in [-0.05, 0) is 13.0 Å². The first-order valence-electron chi connectivity index (χ1n) is 7.78. The fraction of sp³-hybridized carbons (Fsp3) is 0.412. The van der Waals surface area contributed by atoms with Crippen molar-refractivity contribution in [2.24, 2.45) is 4.99 Å². The van der Waals surface area contributed by atoms with Crippen LogP contribution in [-0.2, 0) is 17.9 Å². The number of nitrogens with one attached hydrogen (secondary N) is 2. The van der Waals surface area contributed by atoms with E-state index in [9.17, 15) is 0 Å². The van der Waals surface area contributed by atoms with Gasteiger partial charge in [-0.15, -0.1) is 11.3 Å². The van der Waals surface area contributed by atoms with Crippen molar-refractivity contribution in [3.8, 4) is 5.75 Å². The predicted molar refractivity (Wildman–Crippen MR) is 97.7 cm³/mol. The molecule has 0 radical (unpaired) electrons. The summed E-state index contributed by atoms with van der Waals surface area (Å²) >= 11 is 1.68. The third-order valence-corrected chi connectivity index (χ3v) is 4.20. The lowest BCUT2D eigenvalue weighted by Crippen LogP contribution is -2.38. The van der Waals surface area contributed by atoms with Crippen LogP contribution < -0.4 is 15.4 Å². The fourth-order valence-corrected chi connectivity index (χ4v) is 2.84. The number of nitrogens with zero attached hydrogens (tertiary/aromatic N) is 2. The summed E-state index contributed by atoms with van der Waals surface area (Å²) in [5.41, 5.74) is 1.04. The van der Waals surface area contributed by atoms with Gasteiger partial charge in [-0.2, -0.15) is 0 Å². The van der Waals surface area contributed by atoms with Gasteiger partial charge in [0, 0.05) is 30.2 Å². The number of aromatic nitrogens is 1. The SMILES string of the molecule is CN=C(NCCOCc1ccccc1OC)NCc1ncc(C)s1. The van der Waals surface area contributed by atoms with E-state index in [-0.39, 0.29) is 0 Å². The maximum Gasteiger partial charge on any atom is 0.191 e. The Balaban J connectivity index is 1.65. The van der Waals surface area contributed by atoms with Crippen LogP contribution in [0.1, 0.15) is 15.4 Å². The molecule has 7 heteroatoms. The number of ether oxygens (including phenoxy) is 2. The molecular formula is C17H24N4O2S. The van der Waals surface area contributed by atoms with Gasteiger partial charge < -0.3 is 20.1 Å². The maximum absolute atomic E-state index is 5.69. The van der Waals surface area contributed by atoms with E-state index in [1.807, 2.05) is 37.4 Å². The number of methoxy groups -OCH3 is 1. The van der Waals surface area contributed by atoms with Crippen molar-refractivity contribution in [2.75, 3.05) is 27.3 Å². The molecule has 2 rings (SSSR count). The second kappa shape index (κ2) is 9.89. The molecule has 0 saturated heterocycles. The van der Waals surface area contributed by atoms with Crippen molar-refractivity contribution in [2.45, 2.75) is 20.1 Å². The third-order valence-electron chi connectivity index (χ3n) is 3.29. The van der Waals surface area contributed by atoms with Crippen LogP contribution in [0.15, 0.2) is 35.5 Å². The molecule has 0 unspecified atom stereocenters. The summed E-state index contributed by atoms with van der Waals surface area (Å²) in [4.78, 5) is 9.72. The van der Waals surface area contributed by atoms with Crippen LogP contribution in [0.25, 0.3) is 0 Å². The summed E-state index contributed by atoms with van der Waals surface area (Å²) < 4.78 is 11.0. The number of benzene rings is 1. The Bertz CT molecular complexity index is 658. The molecule has 2 N–H and O–H groups in total. The van der Waals surface area contributed by atoms with Gasteiger partial charge in [-0.1, -0.05) is 18.2 Å². The van der Waals surface area contributed by atoms with E-state index in [1.165, 1.54) is 4.88 Å². The minimum Gasteiger partial charge on any atom is -0.496 e. The van der Waals surface area contributed by atoms with Crippen molar-refractivity contribution in [3.63, 3.8) is 0 Å². The Labute approximate surface area is 146 Å². The van der Waals surface area contributed by atoms with Crippen LogP contribution >= 0.6 is 11.3 Å². The van der Waals surface area contributed by atoms with Crippen molar-refractivity contribution in [1.82, 2.24) is 15.6 Å². The zero-order valence-corrected chi connectivity index (χ0v) is 15.2. The Kier molecular flexibility index (Phi) is 7.51. The Morgan fingerprint density at radius 1 is 1.29 bits per heavy atom. The first-order valence-corrected chi connectivity index (χ1v) is 8.60. The molecule has 1 heterocycles. The molecule has 0 bridgehead atoms. The molecule has 1 aromatic carbocycles. The molecule has 0 aliphatic rings. The molecule has 130 valence electrons. The van der Waals surface area contributed by atoms with Gasteiger partial charge in [0.15, 0.2) is 5.96 Å². The lowest BCUT2D eigenvalue weighted by Gasteiger charge is -2.12. The highest BCUT2D eigenvalue weighted by Gasteiger charge is 2.03. The number of hydrogen-bond donors (Lipinski definition) is 2. The number of aliphatic imine (C=N–C) groups is 1. The summed E-state index contributed by atoms with van der Waals surface area (Å²) in [6.45, 7) is 4.49. The van der Waals surface area contributed by atoms with Crippen molar-refractivity contribution in [1.29, 1.82) is 0 Å². The third kappa shape index (κ3) is 5.82. The van der Waals surface area contributed by atoms with Gasteiger partial charge in [0.05, 0.1) is 26.9 Å². The van der Waals surface area contributed by atoms with Crippen molar-refractivity contribution in [3.05, 3.63) is 45.9 Å². The van der Waals surface area contributed by atoms with E-state index in [4.69, 9.17) is 9.47 Å². The number of para-hydroxylation sites is 1. The van der Waals surface area contributed by atoms with Gasteiger partial charge in [0.25, 0.3) is 0 Å². The highest BCUT2D eigenvalue weighted by Crippen LogP contribution is 2.17. The van der Waals surface area contributed by atoms with E-state index < -0.39 is 0 Å². The first-order chi connectivity index (χ1) is 11.7. The second-order valence-corrected chi connectivity index (χ2v) is 6.40. The molecule has 0 aliphatic heterocycles. The molecular weight excluding hydrogens is 324 g/mol. The largest absolute Gasteiger partial charge is 0.496 e. The van der Waals surface area contributed by atoms with E-state index >= 15 is 0 Å². The second-order valence-electron chi connectivity index (χ2n) is 5.08. The summed E-state index contributed by atoms with van der Waals surface area (Å²) in [5.74, 6) is 1.59. The molecule has 0 saturated carbocycles. The fourth-order valence-electron chi connectivity index (χ4n) is 2.11. The summed E-state index contributed by atoms with van der Waals surface area (Å²) in [6, 6.07) is 7.86. The zero-order valence-electron chi connectivity index (χ0n) is 14.3. The van der Waals surface area contributed by atoms with Gasteiger partial charge in [-0.25, -0.2) is 4.98 Å². The molecule has 0 aliphatic carbocycles. The Morgan fingerprint density at radius 2 is 2.12 bits per heavy atom. The van der Waals surface area contributed by atoms with E-state index in [1.54, 1.807) is 25.5 Å². The summed E-state index contributed by atoms with van der Waals surface area (Å²) in [5, 5.41) is 7.50. The standard InChI is InChI=1S/C17H24N4O2S/c1-13-10-20-16(24-13)11-21-17(18-2)19-8-9-23-12-14-6-4-5-7-15(14)22-3/h4-7,10H,8-9,11-12H2,1-3H3,(H2,18,19,21). The highest BCUT2D eigenvalue weighted by molar-refractivity contribution is 7.11. The molecule has 0 fully saturated rings. The smallest absolute Gasteiger partial charge is 0.191 e. The maximum atomic E-state index is 5.69. The van der Waals surface area contributed by atoms with Crippen LogP contribution in [0, 0.1) is 6.92 Å². The predicted octanol–water partition coefficient (Wildman–Crippen LogP) is 2.34. The normalized spacial score (nSPS) is 11.4. The Hall–Kier alpha value is -2.12. The van der Waals surface area contributed by atoms with Gasteiger partial charge in [0.1, 0.15) is 10.8 Å². The number of rotatable bonds is 8. The monoisotopic (exact) mass is 348 g/mol. The van der Waals surface area contributed by atoms with Crippen LogP contribution in [0.2, 0.25) is 0 Å². The molecule has 6 nitrogen and oxygen atoms in total. The Morgan fingerprint density at radius 3 is 2.83 bits per heavy atom. The molecule has 0 amide bonds. The highest BCUT2D eigenvalue weighted by atomic mass is 32.1. The minimum absolute atomic E-state index is 0.524. The van der Waals surface area contributed by atoms with E-state index in [0.717, 1.165) is 22.3 Å². The van der Waals surface area contributed by atoms with Crippen LogP contribution in [0.3, 0.4) is 0 Å². The molecule has 0 spiro atoms. The number of thiazole rings is 1. The quantitative estimate of drug-likeness (QED) is 0.435. The van der Waals surface area contributed by atoms with Crippen LogP contribution in [0.5, 0.6) is 5.75 Å². The molecule has 0 atom stereocenters. The zero-order chi connectivity index (χ0) is 17.2. The first kappa shape index (κ1) is 18.2. The van der Waals surface area contributed by atoms with Gasteiger partial charge in [0.2, 0.25) is 0 Å². The lowest BCUT2D eigenvalue weighted by molar-refractivity contribution is 0.123. The van der Waals surface area contributed by atoms with Gasteiger partial charge >= 0.3 is 0 Å². The number of hydrogen-bond acceptors (Lipinski definition) is 5. The van der Waals surface area contributed by atoms with E-state index in [2.05, 4.69) is 20.6 Å². The molecule has 1 aromatic heterocycles. The van der Waals surface area contributed by atoms with Crippen molar-refractivity contribution < 1.29 is 9.47 Å². The topological polar surface area (TPSA) is 67.8 Å². The average Bonchev–Trinajstić information content (AvgIpc) is 3.03. The number of guanidine groups is 1. The van der Waals surface area contributed by atoms with Crippen LogP contribution in [0.4, 0.5) is 0 Å². The lowest BCUT2D eigenvalue weighted by atomic mass is 10.2.